The number of rotatable bonds is 4. The Balaban J connectivity index is 1.83. The minimum Gasteiger partial charge on any atom is -0.322 e. The fourth-order valence-electron chi connectivity index (χ4n) is 2.96. The summed E-state index contributed by atoms with van der Waals surface area (Å²) in [6, 6.07) is 11.7. The highest BCUT2D eigenvalue weighted by Crippen LogP contribution is 2.27. The van der Waals surface area contributed by atoms with Crippen LogP contribution in [0.15, 0.2) is 53.4 Å². The number of halogens is 1. The average molecular weight is 362 g/mol. The van der Waals surface area contributed by atoms with Gasteiger partial charge in [0.1, 0.15) is 11.9 Å². The van der Waals surface area contributed by atoms with Gasteiger partial charge in [0.05, 0.1) is 10.6 Å². The molecule has 2 aromatic carbocycles. The van der Waals surface area contributed by atoms with E-state index in [0.717, 1.165) is 5.56 Å². The highest BCUT2D eigenvalue weighted by atomic mass is 32.2. The van der Waals surface area contributed by atoms with Crippen molar-refractivity contribution in [2.75, 3.05) is 11.9 Å². The van der Waals surface area contributed by atoms with Gasteiger partial charge in [0.2, 0.25) is 15.9 Å². The second-order valence-electron chi connectivity index (χ2n) is 6.06. The van der Waals surface area contributed by atoms with Crippen molar-refractivity contribution in [2.24, 2.45) is 0 Å². The quantitative estimate of drug-likeness (QED) is 0.909. The van der Waals surface area contributed by atoms with Crippen LogP contribution in [0.4, 0.5) is 10.1 Å². The third-order valence-corrected chi connectivity index (χ3v) is 6.16. The van der Waals surface area contributed by atoms with Crippen LogP contribution in [-0.4, -0.2) is 31.2 Å². The fourth-order valence-corrected chi connectivity index (χ4v) is 4.63. The van der Waals surface area contributed by atoms with Gasteiger partial charge in [-0.25, -0.2) is 12.8 Å². The largest absolute Gasteiger partial charge is 0.322 e. The highest BCUT2D eigenvalue weighted by molar-refractivity contribution is 7.89. The lowest BCUT2D eigenvalue weighted by atomic mass is 10.2. The Morgan fingerprint density at radius 2 is 1.92 bits per heavy atom. The van der Waals surface area contributed by atoms with E-state index in [4.69, 9.17) is 0 Å². The molecule has 0 saturated carbocycles. The molecular weight excluding hydrogens is 343 g/mol. The first-order valence-corrected chi connectivity index (χ1v) is 9.47. The number of amides is 1. The molecule has 1 amide bonds. The molecule has 7 heteroatoms. The van der Waals surface area contributed by atoms with Crippen LogP contribution < -0.4 is 5.32 Å². The molecule has 3 rings (SSSR count). The maximum atomic E-state index is 13.9. The molecule has 0 aliphatic carbocycles. The topological polar surface area (TPSA) is 66.5 Å². The van der Waals surface area contributed by atoms with E-state index in [9.17, 15) is 17.6 Å². The predicted molar refractivity (Wildman–Crippen MR) is 93.1 cm³/mol. The Hall–Kier alpha value is -2.25. The third kappa shape index (κ3) is 3.57. The SMILES string of the molecule is Cc1ccc(NC(=O)C2CCCN2S(=O)(=O)c2ccccc2)c(F)c1. The first kappa shape index (κ1) is 17.6. The lowest BCUT2D eigenvalue weighted by Gasteiger charge is -2.23. The van der Waals surface area contributed by atoms with Gasteiger partial charge in [0.15, 0.2) is 0 Å². The third-order valence-electron chi connectivity index (χ3n) is 4.24. The molecule has 0 spiro atoms. The number of benzene rings is 2. The van der Waals surface area contributed by atoms with Gasteiger partial charge in [-0.15, -0.1) is 0 Å². The van der Waals surface area contributed by atoms with Crippen molar-refractivity contribution in [1.29, 1.82) is 0 Å². The second-order valence-corrected chi connectivity index (χ2v) is 7.95. The van der Waals surface area contributed by atoms with Crippen molar-refractivity contribution >= 4 is 21.6 Å². The van der Waals surface area contributed by atoms with E-state index in [1.54, 1.807) is 31.2 Å². The molecule has 1 aliphatic rings. The molecule has 1 N–H and O–H groups in total. The van der Waals surface area contributed by atoms with Crippen LogP contribution >= 0.6 is 0 Å². The summed E-state index contributed by atoms with van der Waals surface area (Å²) in [5.41, 5.74) is 0.796. The number of nitrogens with zero attached hydrogens (tertiary/aromatic N) is 1. The van der Waals surface area contributed by atoms with Crippen LogP contribution in [0.5, 0.6) is 0 Å². The van der Waals surface area contributed by atoms with Gasteiger partial charge in [-0.1, -0.05) is 24.3 Å². The van der Waals surface area contributed by atoms with Crippen molar-refractivity contribution in [1.82, 2.24) is 4.31 Å². The molecule has 1 aliphatic heterocycles. The number of nitrogens with one attached hydrogen (secondary N) is 1. The smallest absolute Gasteiger partial charge is 0.243 e. The summed E-state index contributed by atoms with van der Waals surface area (Å²) in [7, 11) is -3.76. The van der Waals surface area contributed by atoms with Crippen LogP contribution in [-0.2, 0) is 14.8 Å². The average Bonchev–Trinajstić information content (AvgIpc) is 3.09. The molecule has 0 radical (unpaired) electrons. The lowest BCUT2D eigenvalue weighted by Crippen LogP contribution is -2.43. The minimum absolute atomic E-state index is 0.0551. The Bertz CT molecular complexity index is 884. The first-order valence-electron chi connectivity index (χ1n) is 8.03. The standard InChI is InChI=1S/C18H19FN2O3S/c1-13-9-10-16(15(19)12-13)20-18(22)17-8-5-11-21(17)25(23,24)14-6-3-2-4-7-14/h2-4,6-7,9-10,12,17H,5,8,11H2,1H3,(H,20,22). The summed E-state index contributed by atoms with van der Waals surface area (Å²) >= 11 is 0. The second kappa shape index (κ2) is 6.93. The number of hydrogen-bond donors (Lipinski definition) is 1. The van der Waals surface area contributed by atoms with Crippen molar-refractivity contribution in [3.05, 3.63) is 59.9 Å². The summed E-state index contributed by atoms with van der Waals surface area (Å²) in [6.07, 6.45) is 0.992. The first-order chi connectivity index (χ1) is 11.9. The normalized spacial score (nSPS) is 18.2. The van der Waals surface area contributed by atoms with E-state index >= 15 is 0 Å². The van der Waals surface area contributed by atoms with Crippen molar-refractivity contribution in [3.8, 4) is 0 Å². The fraction of sp³-hybridized carbons (Fsp3) is 0.278. The molecular formula is C18H19FN2O3S. The minimum atomic E-state index is -3.76. The monoisotopic (exact) mass is 362 g/mol. The summed E-state index contributed by atoms with van der Waals surface area (Å²) < 4.78 is 40.7. The molecule has 5 nitrogen and oxygen atoms in total. The van der Waals surface area contributed by atoms with E-state index in [1.165, 1.54) is 28.6 Å². The van der Waals surface area contributed by atoms with Gasteiger partial charge in [-0.2, -0.15) is 4.31 Å². The van der Waals surface area contributed by atoms with E-state index in [2.05, 4.69) is 5.32 Å². The lowest BCUT2D eigenvalue weighted by molar-refractivity contribution is -0.119. The van der Waals surface area contributed by atoms with Gasteiger partial charge in [-0.05, 0) is 49.6 Å². The van der Waals surface area contributed by atoms with Gasteiger partial charge < -0.3 is 5.32 Å². The molecule has 25 heavy (non-hydrogen) atoms. The number of hydrogen-bond acceptors (Lipinski definition) is 3. The predicted octanol–water partition coefficient (Wildman–Crippen LogP) is 2.93. The van der Waals surface area contributed by atoms with Crippen LogP contribution in [0.1, 0.15) is 18.4 Å². The van der Waals surface area contributed by atoms with Gasteiger partial charge in [0.25, 0.3) is 0 Å². The van der Waals surface area contributed by atoms with Gasteiger partial charge in [0, 0.05) is 6.54 Å². The number of carbonyl (C=O) groups is 1. The van der Waals surface area contributed by atoms with Crippen LogP contribution in [0.25, 0.3) is 0 Å². The van der Waals surface area contributed by atoms with Crippen molar-refractivity contribution < 1.29 is 17.6 Å². The molecule has 1 atom stereocenters. The van der Waals surface area contributed by atoms with E-state index in [1.807, 2.05) is 0 Å². The zero-order valence-corrected chi connectivity index (χ0v) is 14.6. The Kier molecular flexibility index (Phi) is 4.87. The molecule has 1 fully saturated rings. The summed E-state index contributed by atoms with van der Waals surface area (Å²) in [4.78, 5) is 12.7. The maximum absolute atomic E-state index is 13.9. The van der Waals surface area contributed by atoms with Crippen molar-refractivity contribution in [2.45, 2.75) is 30.7 Å². The summed E-state index contributed by atoms with van der Waals surface area (Å²) in [5, 5.41) is 2.51. The zero-order valence-electron chi connectivity index (χ0n) is 13.8. The Morgan fingerprint density at radius 1 is 1.20 bits per heavy atom. The summed E-state index contributed by atoms with van der Waals surface area (Å²) in [6.45, 7) is 2.02. The molecule has 0 aromatic heterocycles. The molecule has 2 aromatic rings. The van der Waals surface area contributed by atoms with Gasteiger partial charge >= 0.3 is 0 Å². The van der Waals surface area contributed by atoms with E-state index in [-0.39, 0.29) is 17.1 Å². The van der Waals surface area contributed by atoms with E-state index < -0.39 is 27.8 Å². The molecule has 1 unspecified atom stereocenters. The van der Waals surface area contributed by atoms with Crippen LogP contribution in [0.2, 0.25) is 0 Å². The number of carbonyl (C=O) groups excluding carboxylic acids is 1. The number of anilines is 1. The van der Waals surface area contributed by atoms with Gasteiger partial charge in [-0.3, -0.25) is 4.79 Å². The zero-order chi connectivity index (χ0) is 18.0. The maximum Gasteiger partial charge on any atom is 0.243 e. The number of sulfonamides is 1. The molecule has 1 heterocycles. The Labute approximate surface area is 146 Å². The van der Waals surface area contributed by atoms with Crippen molar-refractivity contribution in [3.63, 3.8) is 0 Å². The molecule has 0 bridgehead atoms. The number of aryl methyl sites for hydroxylation is 1. The molecule has 1 saturated heterocycles. The van der Waals surface area contributed by atoms with Crippen LogP contribution in [0.3, 0.4) is 0 Å². The Morgan fingerprint density at radius 3 is 2.60 bits per heavy atom. The van der Waals surface area contributed by atoms with E-state index in [0.29, 0.717) is 12.8 Å². The van der Waals surface area contributed by atoms with Crippen LogP contribution in [0, 0.1) is 12.7 Å². The summed E-state index contributed by atoms with van der Waals surface area (Å²) in [5.74, 6) is -1.05. The highest BCUT2D eigenvalue weighted by Gasteiger charge is 2.39. The molecule has 132 valence electrons.